The number of hydrogen-bond acceptors (Lipinski definition) is 2. The summed E-state index contributed by atoms with van der Waals surface area (Å²) in [5.41, 5.74) is 3.61. The van der Waals surface area contributed by atoms with E-state index in [2.05, 4.69) is 5.32 Å². The van der Waals surface area contributed by atoms with Gasteiger partial charge in [0, 0.05) is 23.1 Å². The van der Waals surface area contributed by atoms with E-state index >= 15 is 0 Å². The Morgan fingerprint density at radius 3 is 2.48 bits per heavy atom. The van der Waals surface area contributed by atoms with E-state index in [1.165, 1.54) is 0 Å². The van der Waals surface area contributed by atoms with Crippen LogP contribution in [-0.4, -0.2) is 16.5 Å². The number of carbonyl (C=O) groups is 1. The highest BCUT2D eigenvalue weighted by Gasteiger charge is 2.14. The second-order valence-corrected chi connectivity index (χ2v) is 6.87. The molecule has 1 aromatic carbocycles. The van der Waals surface area contributed by atoms with Gasteiger partial charge in [0.2, 0.25) is 0 Å². The molecule has 0 aliphatic rings. The Labute approximate surface area is 157 Å². The third-order valence-corrected chi connectivity index (χ3v) is 4.46. The first-order valence-electron chi connectivity index (χ1n) is 7.81. The van der Waals surface area contributed by atoms with Crippen LogP contribution in [-0.2, 0) is 4.79 Å². The van der Waals surface area contributed by atoms with Gasteiger partial charge in [0.05, 0.1) is 10.0 Å². The standard InChI is InChI=1S/C19H19Cl2N3O/c1-11(2)23-19(25)15(10-22)8-14-7-12(3)24(13(14)4)16-5-6-17(20)18(21)9-16/h5-9,11H,1-4H3,(H,23,25)/b15-8+. The molecule has 0 fully saturated rings. The van der Waals surface area contributed by atoms with E-state index in [-0.39, 0.29) is 17.5 Å². The molecular weight excluding hydrogens is 357 g/mol. The Morgan fingerprint density at radius 2 is 1.92 bits per heavy atom. The smallest absolute Gasteiger partial charge is 0.262 e. The van der Waals surface area contributed by atoms with Crippen LogP contribution in [0, 0.1) is 25.2 Å². The van der Waals surface area contributed by atoms with Gasteiger partial charge in [-0.1, -0.05) is 23.2 Å². The zero-order valence-corrected chi connectivity index (χ0v) is 16.0. The molecule has 0 saturated carbocycles. The van der Waals surface area contributed by atoms with E-state index in [1.807, 2.05) is 50.5 Å². The van der Waals surface area contributed by atoms with Gasteiger partial charge in [-0.05, 0) is 63.6 Å². The number of aromatic nitrogens is 1. The number of carbonyl (C=O) groups excluding carboxylic acids is 1. The predicted octanol–water partition coefficient (Wildman–Crippen LogP) is 4.83. The van der Waals surface area contributed by atoms with Gasteiger partial charge in [0.15, 0.2) is 0 Å². The lowest BCUT2D eigenvalue weighted by Crippen LogP contribution is -2.30. The number of halogens is 2. The lowest BCUT2D eigenvalue weighted by Gasteiger charge is -2.11. The fourth-order valence-corrected chi connectivity index (χ4v) is 2.89. The molecule has 4 nitrogen and oxygen atoms in total. The van der Waals surface area contributed by atoms with Gasteiger partial charge < -0.3 is 9.88 Å². The topological polar surface area (TPSA) is 57.8 Å². The highest BCUT2D eigenvalue weighted by Crippen LogP contribution is 2.28. The highest BCUT2D eigenvalue weighted by molar-refractivity contribution is 6.42. The first-order chi connectivity index (χ1) is 11.7. The summed E-state index contributed by atoms with van der Waals surface area (Å²) in [6, 6.07) is 9.26. The molecule has 0 saturated heterocycles. The first-order valence-corrected chi connectivity index (χ1v) is 8.57. The van der Waals surface area contributed by atoms with Gasteiger partial charge in [-0.15, -0.1) is 0 Å². The summed E-state index contributed by atoms with van der Waals surface area (Å²) in [5, 5.41) is 13.0. The number of nitrogens with zero attached hydrogens (tertiary/aromatic N) is 2. The van der Waals surface area contributed by atoms with Crippen LogP contribution in [0.5, 0.6) is 0 Å². The summed E-state index contributed by atoms with van der Waals surface area (Å²) in [7, 11) is 0. The minimum absolute atomic E-state index is 0.0344. The second-order valence-electron chi connectivity index (χ2n) is 6.06. The summed E-state index contributed by atoms with van der Waals surface area (Å²) in [5.74, 6) is -0.378. The molecule has 2 aromatic rings. The van der Waals surface area contributed by atoms with Crippen molar-refractivity contribution in [3.05, 3.63) is 56.8 Å². The van der Waals surface area contributed by atoms with Crippen molar-refractivity contribution >= 4 is 35.2 Å². The molecule has 25 heavy (non-hydrogen) atoms. The van der Waals surface area contributed by atoms with Crippen LogP contribution in [0.4, 0.5) is 0 Å². The molecule has 0 radical (unpaired) electrons. The molecule has 1 N–H and O–H groups in total. The monoisotopic (exact) mass is 375 g/mol. The number of benzene rings is 1. The van der Waals surface area contributed by atoms with Crippen molar-refractivity contribution in [3.8, 4) is 11.8 Å². The van der Waals surface area contributed by atoms with E-state index in [0.717, 1.165) is 22.6 Å². The normalized spacial score (nSPS) is 11.5. The maximum atomic E-state index is 12.1. The first kappa shape index (κ1) is 19.1. The van der Waals surface area contributed by atoms with Gasteiger partial charge in [0.1, 0.15) is 11.6 Å². The van der Waals surface area contributed by atoms with E-state index in [1.54, 1.807) is 18.2 Å². The minimum Gasteiger partial charge on any atom is -0.349 e. The molecule has 6 heteroatoms. The molecule has 130 valence electrons. The highest BCUT2D eigenvalue weighted by atomic mass is 35.5. The van der Waals surface area contributed by atoms with Crippen LogP contribution >= 0.6 is 23.2 Å². The summed E-state index contributed by atoms with van der Waals surface area (Å²) in [6.07, 6.45) is 1.61. The summed E-state index contributed by atoms with van der Waals surface area (Å²) < 4.78 is 2.00. The summed E-state index contributed by atoms with van der Waals surface area (Å²) >= 11 is 12.1. The SMILES string of the molecule is Cc1cc(/C=C(\C#N)C(=O)NC(C)C)c(C)n1-c1ccc(Cl)c(Cl)c1. The molecule has 0 spiro atoms. The molecule has 0 aliphatic carbocycles. The van der Waals surface area contributed by atoms with E-state index in [9.17, 15) is 10.1 Å². The minimum atomic E-state index is -0.378. The third kappa shape index (κ3) is 4.25. The van der Waals surface area contributed by atoms with E-state index in [4.69, 9.17) is 23.2 Å². The molecule has 0 bridgehead atoms. The van der Waals surface area contributed by atoms with Gasteiger partial charge >= 0.3 is 0 Å². The largest absolute Gasteiger partial charge is 0.349 e. The Morgan fingerprint density at radius 1 is 1.24 bits per heavy atom. The van der Waals surface area contributed by atoms with Gasteiger partial charge in [-0.25, -0.2) is 0 Å². The predicted molar refractivity (Wildman–Crippen MR) is 102 cm³/mol. The molecule has 0 aliphatic heterocycles. The average Bonchev–Trinajstić information content (AvgIpc) is 2.81. The number of amides is 1. The Balaban J connectivity index is 2.48. The van der Waals surface area contributed by atoms with Gasteiger partial charge in [-0.2, -0.15) is 5.26 Å². The number of nitrogens with one attached hydrogen (secondary N) is 1. The van der Waals surface area contributed by atoms with Gasteiger partial charge in [0.25, 0.3) is 5.91 Å². The van der Waals surface area contributed by atoms with Crippen LogP contribution in [0.15, 0.2) is 29.8 Å². The van der Waals surface area contributed by atoms with Crippen molar-refractivity contribution < 1.29 is 4.79 Å². The van der Waals surface area contributed by atoms with Gasteiger partial charge in [-0.3, -0.25) is 4.79 Å². The number of hydrogen-bond donors (Lipinski definition) is 1. The molecule has 1 aromatic heterocycles. The quantitative estimate of drug-likeness (QED) is 0.614. The Hall–Kier alpha value is -2.22. The molecular formula is C19H19Cl2N3O. The maximum Gasteiger partial charge on any atom is 0.262 e. The van der Waals surface area contributed by atoms with Crippen molar-refractivity contribution in [1.29, 1.82) is 5.26 Å². The lowest BCUT2D eigenvalue weighted by molar-refractivity contribution is -0.117. The van der Waals surface area contributed by atoms with Crippen molar-refractivity contribution in [1.82, 2.24) is 9.88 Å². The van der Waals surface area contributed by atoms with E-state index in [0.29, 0.717) is 10.0 Å². The van der Waals surface area contributed by atoms with E-state index < -0.39 is 0 Å². The molecule has 0 unspecified atom stereocenters. The van der Waals surface area contributed by atoms with Crippen molar-refractivity contribution in [3.63, 3.8) is 0 Å². The van der Waals surface area contributed by atoms with Crippen LogP contribution in [0.2, 0.25) is 10.0 Å². The zero-order chi connectivity index (χ0) is 18.7. The van der Waals surface area contributed by atoms with Crippen molar-refractivity contribution in [2.75, 3.05) is 0 Å². The van der Waals surface area contributed by atoms with Crippen LogP contribution < -0.4 is 5.32 Å². The van der Waals surface area contributed by atoms with Crippen LogP contribution in [0.25, 0.3) is 11.8 Å². The zero-order valence-electron chi connectivity index (χ0n) is 14.5. The summed E-state index contributed by atoms with van der Waals surface area (Å²) in [4.78, 5) is 12.1. The number of aryl methyl sites for hydroxylation is 1. The second kappa shape index (κ2) is 7.77. The fourth-order valence-electron chi connectivity index (χ4n) is 2.60. The van der Waals surface area contributed by atoms with Crippen LogP contribution in [0.3, 0.4) is 0 Å². The summed E-state index contributed by atoms with van der Waals surface area (Å²) in [6.45, 7) is 7.58. The average molecular weight is 376 g/mol. The number of rotatable bonds is 4. The maximum absolute atomic E-state index is 12.1. The molecule has 1 amide bonds. The van der Waals surface area contributed by atoms with Crippen molar-refractivity contribution in [2.45, 2.75) is 33.7 Å². The Kier molecular flexibility index (Phi) is 5.94. The van der Waals surface area contributed by atoms with Crippen molar-refractivity contribution in [2.24, 2.45) is 0 Å². The molecule has 0 atom stereocenters. The Bertz CT molecular complexity index is 889. The third-order valence-electron chi connectivity index (χ3n) is 3.72. The lowest BCUT2D eigenvalue weighted by atomic mass is 10.1. The molecule has 1 heterocycles. The molecule has 2 rings (SSSR count). The number of nitriles is 1. The van der Waals surface area contributed by atoms with Crippen LogP contribution in [0.1, 0.15) is 30.8 Å². The fraction of sp³-hybridized carbons (Fsp3) is 0.263.